The van der Waals surface area contributed by atoms with E-state index in [4.69, 9.17) is 17.3 Å². The van der Waals surface area contributed by atoms with Crippen LogP contribution < -0.4 is 16.0 Å². The Morgan fingerprint density at radius 2 is 2.07 bits per heavy atom. The molecular weight excluding hydrogens is 409 g/mol. The van der Waals surface area contributed by atoms with Crippen molar-refractivity contribution in [3.05, 3.63) is 65.7 Å². The second-order valence-electron chi connectivity index (χ2n) is 7.02. The molecule has 0 bridgehead atoms. The molecule has 2 atom stereocenters. The number of nitrogen functional groups attached to an aromatic ring is 1. The molecule has 30 heavy (non-hydrogen) atoms. The van der Waals surface area contributed by atoms with Gasteiger partial charge in [-0.3, -0.25) is 9.88 Å². The van der Waals surface area contributed by atoms with Gasteiger partial charge in [-0.05, 0) is 37.1 Å². The molecule has 4 rings (SSSR count). The highest BCUT2D eigenvalue weighted by Crippen LogP contribution is 2.34. The predicted octanol–water partition coefficient (Wildman–Crippen LogP) is 4.08. The highest BCUT2D eigenvalue weighted by molar-refractivity contribution is 6.30. The number of rotatable bonds is 4. The van der Waals surface area contributed by atoms with E-state index in [2.05, 4.69) is 15.3 Å². The fourth-order valence-electron chi connectivity index (χ4n) is 3.29. The molecule has 9 heteroatoms. The third-order valence-corrected chi connectivity index (χ3v) is 5.20. The number of amides is 2. The minimum Gasteiger partial charge on any atom is -0.396 e. The smallest absolute Gasteiger partial charge is 0.327 e. The number of pyridine rings is 2. The van der Waals surface area contributed by atoms with Gasteiger partial charge in [-0.1, -0.05) is 23.7 Å². The number of hydrogen-bond acceptors (Lipinski definition) is 5. The highest BCUT2D eigenvalue weighted by atomic mass is 35.5. The van der Waals surface area contributed by atoms with Gasteiger partial charge in [-0.2, -0.15) is 0 Å². The number of nitrogens with zero attached hydrogens (tertiary/aromatic N) is 3. The Hall–Kier alpha value is -3.23. The van der Waals surface area contributed by atoms with Gasteiger partial charge in [0.1, 0.15) is 5.82 Å². The minimum atomic E-state index is -0.711. The lowest BCUT2D eigenvalue weighted by Gasteiger charge is -2.41. The van der Waals surface area contributed by atoms with Crippen molar-refractivity contribution in [3.8, 4) is 11.3 Å². The van der Waals surface area contributed by atoms with Gasteiger partial charge in [0.2, 0.25) is 0 Å². The summed E-state index contributed by atoms with van der Waals surface area (Å²) in [5.74, 6) is -0.373. The molecule has 1 aliphatic rings. The van der Waals surface area contributed by atoms with Crippen molar-refractivity contribution in [2.75, 3.05) is 16.0 Å². The third kappa shape index (κ3) is 4.05. The van der Waals surface area contributed by atoms with Gasteiger partial charge in [0, 0.05) is 16.7 Å². The molecule has 1 unspecified atom stereocenters. The number of benzene rings is 1. The molecule has 2 aromatic heterocycles. The van der Waals surface area contributed by atoms with Crippen LogP contribution in [0.4, 0.5) is 26.4 Å². The zero-order valence-corrected chi connectivity index (χ0v) is 16.6. The van der Waals surface area contributed by atoms with Gasteiger partial charge in [0.15, 0.2) is 5.82 Å². The van der Waals surface area contributed by atoms with Gasteiger partial charge < -0.3 is 16.2 Å². The van der Waals surface area contributed by atoms with Gasteiger partial charge in [0.05, 0.1) is 41.6 Å². The van der Waals surface area contributed by atoms with Gasteiger partial charge in [0.25, 0.3) is 0 Å². The average molecular weight is 428 g/mol. The lowest BCUT2D eigenvalue weighted by atomic mass is 9.87. The largest absolute Gasteiger partial charge is 0.396 e. The minimum absolute atomic E-state index is 0.184. The van der Waals surface area contributed by atoms with Crippen molar-refractivity contribution in [2.45, 2.75) is 25.0 Å². The SMILES string of the molecule is Nc1ccc(-c2cccc(Cl)c2)nc1N(C(=O)Nc1cncc(F)c1)C1CC[C@H]1O. The lowest BCUT2D eigenvalue weighted by Crippen LogP contribution is -2.55. The number of urea groups is 1. The normalized spacial score (nSPS) is 17.8. The quantitative estimate of drug-likeness (QED) is 0.582. The van der Waals surface area contributed by atoms with Crippen LogP contribution in [0.15, 0.2) is 54.9 Å². The number of nitrogens with two attached hydrogens (primary N) is 1. The molecule has 0 saturated heterocycles. The Bertz CT molecular complexity index is 1100. The number of nitrogens with one attached hydrogen (secondary N) is 1. The van der Waals surface area contributed by atoms with Gasteiger partial charge in [-0.15, -0.1) is 0 Å². The van der Waals surface area contributed by atoms with Crippen LogP contribution in [0, 0.1) is 5.82 Å². The van der Waals surface area contributed by atoms with Crippen molar-refractivity contribution < 1.29 is 14.3 Å². The van der Waals surface area contributed by atoms with Gasteiger partial charge in [-0.25, -0.2) is 14.2 Å². The van der Waals surface area contributed by atoms with E-state index in [0.29, 0.717) is 23.6 Å². The van der Waals surface area contributed by atoms with E-state index in [0.717, 1.165) is 17.8 Å². The number of aliphatic hydroxyl groups is 1. The summed E-state index contributed by atoms with van der Waals surface area (Å²) >= 11 is 6.09. The molecule has 0 radical (unpaired) electrons. The molecule has 0 aliphatic heterocycles. The molecule has 1 fully saturated rings. The Morgan fingerprint density at radius 1 is 1.23 bits per heavy atom. The summed E-state index contributed by atoms with van der Waals surface area (Å²) in [6.45, 7) is 0. The molecule has 1 aliphatic carbocycles. The van der Waals surface area contributed by atoms with E-state index < -0.39 is 24.0 Å². The molecule has 0 spiro atoms. The van der Waals surface area contributed by atoms with Crippen LogP contribution >= 0.6 is 11.6 Å². The first-order valence-electron chi connectivity index (χ1n) is 9.33. The summed E-state index contributed by atoms with van der Waals surface area (Å²) in [6.07, 6.45) is 2.80. The summed E-state index contributed by atoms with van der Waals surface area (Å²) < 4.78 is 13.5. The van der Waals surface area contributed by atoms with E-state index in [1.165, 1.54) is 11.1 Å². The summed E-state index contributed by atoms with van der Waals surface area (Å²) in [5, 5.41) is 13.4. The molecule has 1 saturated carbocycles. The van der Waals surface area contributed by atoms with Crippen LogP contribution in [0.2, 0.25) is 5.02 Å². The first-order valence-corrected chi connectivity index (χ1v) is 9.71. The molecule has 3 aromatic rings. The third-order valence-electron chi connectivity index (χ3n) is 4.96. The Morgan fingerprint density at radius 3 is 2.73 bits per heavy atom. The number of halogens is 2. The Labute approximate surface area is 177 Å². The first kappa shape index (κ1) is 20.1. The maximum atomic E-state index is 13.5. The molecule has 2 heterocycles. The van der Waals surface area contributed by atoms with Crippen LogP contribution in [0.5, 0.6) is 0 Å². The van der Waals surface area contributed by atoms with E-state index in [1.54, 1.807) is 30.3 Å². The van der Waals surface area contributed by atoms with Crippen molar-refractivity contribution in [1.29, 1.82) is 0 Å². The topological polar surface area (TPSA) is 104 Å². The van der Waals surface area contributed by atoms with Crippen molar-refractivity contribution in [1.82, 2.24) is 9.97 Å². The van der Waals surface area contributed by atoms with Crippen LogP contribution in [-0.2, 0) is 0 Å². The highest BCUT2D eigenvalue weighted by Gasteiger charge is 2.39. The fourth-order valence-corrected chi connectivity index (χ4v) is 3.48. The monoisotopic (exact) mass is 427 g/mol. The number of anilines is 3. The lowest BCUT2D eigenvalue weighted by molar-refractivity contribution is 0.0676. The molecular formula is C21H19ClFN5O2. The number of aromatic nitrogens is 2. The second kappa shape index (κ2) is 8.25. The van der Waals surface area contributed by atoms with Crippen LogP contribution in [0.25, 0.3) is 11.3 Å². The summed E-state index contributed by atoms with van der Waals surface area (Å²) in [7, 11) is 0. The van der Waals surface area contributed by atoms with Crippen molar-refractivity contribution in [3.63, 3.8) is 0 Å². The van der Waals surface area contributed by atoms with E-state index in [1.807, 2.05) is 6.07 Å². The van der Waals surface area contributed by atoms with Crippen LogP contribution in [-0.4, -0.2) is 33.3 Å². The first-order chi connectivity index (χ1) is 14.4. The summed E-state index contributed by atoms with van der Waals surface area (Å²) in [5.41, 5.74) is 7.93. The molecule has 4 N–H and O–H groups in total. The molecule has 154 valence electrons. The molecule has 1 aromatic carbocycles. The standard InChI is InChI=1S/C21H19ClFN5O2/c22-13-3-1-2-12(8-13)17-5-4-16(24)20(27-17)28(18-6-7-19(18)29)21(30)26-15-9-14(23)10-25-11-15/h1-5,8-11,18-19,29H,6-7,24H2,(H,26,30)/t18?,19-/m1/s1. The maximum absolute atomic E-state index is 13.5. The van der Waals surface area contributed by atoms with Gasteiger partial charge >= 0.3 is 6.03 Å². The molecule has 2 amide bonds. The number of carbonyl (C=O) groups excluding carboxylic acids is 1. The Balaban J connectivity index is 1.72. The summed E-state index contributed by atoms with van der Waals surface area (Å²) in [6, 6.07) is 10.6. The second-order valence-corrected chi connectivity index (χ2v) is 7.46. The zero-order chi connectivity index (χ0) is 21.3. The van der Waals surface area contributed by atoms with Crippen LogP contribution in [0.1, 0.15) is 12.8 Å². The van der Waals surface area contributed by atoms with E-state index >= 15 is 0 Å². The number of aliphatic hydroxyl groups excluding tert-OH is 1. The average Bonchev–Trinajstić information content (AvgIpc) is 2.71. The van der Waals surface area contributed by atoms with Crippen molar-refractivity contribution in [2.24, 2.45) is 0 Å². The van der Waals surface area contributed by atoms with E-state index in [-0.39, 0.29) is 17.2 Å². The number of hydrogen-bond donors (Lipinski definition) is 3. The van der Waals surface area contributed by atoms with Crippen LogP contribution in [0.3, 0.4) is 0 Å². The van der Waals surface area contributed by atoms with Crippen molar-refractivity contribution >= 4 is 34.8 Å². The fraction of sp³-hybridized carbons (Fsp3) is 0.190. The zero-order valence-electron chi connectivity index (χ0n) is 15.8. The maximum Gasteiger partial charge on any atom is 0.327 e. The Kier molecular flexibility index (Phi) is 5.52. The summed E-state index contributed by atoms with van der Waals surface area (Å²) in [4.78, 5) is 22.7. The number of carbonyl (C=O) groups is 1. The molecule has 7 nitrogen and oxygen atoms in total. The van der Waals surface area contributed by atoms with E-state index in [9.17, 15) is 14.3 Å². The predicted molar refractivity (Wildman–Crippen MR) is 114 cm³/mol.